The van der Waals surface area contributed by atoms with Crippen molar-refractivity contribution in [2.45, 2.75) is 62.8 Å². The molecule has 2 aliphatic carbocycles. The van der Waals surface area contributed by atoms with Crippen molar-refractivity contribution >= 4 is 0 Å². The number of aryl methyl sites for hydroxylation is 1. The molecule has 21 heavy (non-hydrogen) atoms. The predicted molar refractivity (Wildman–Crippen MR) is 63.6 cm³/mol. The number of nitrogens with zero attached hydrogens (tertiary/aromatic N) is 2. The molecular formula is C13H15F5N2O. The molecule has 0 spiro atoms. The van der Waals surface area contributed by atoms with Gasteiger partial charge in [-0.2, -0.15) is 5.10 Å². The van der Waals surface area contributed by atoms with E-state index in [0.717, 1.165) is 4.68 Å². The lowest BCUT2D eigenvalue weighted by atomic mass is 9.90. The molecule has 0 radical (unpaired) electrons. The van der Waals surface area contributed by atoms with Crippen molar-refractivity contribution in [3.05, 3.63) is 17.0 Å². The Morgan fingerprint density at radius 1 is 1.05 bits per heavy atom. The monoisotopic (exact) mass is 310 g/mol. The van der Waals surface area contributed by atoms with Gasteiger partial charge in [0.15, 0.2) is 18.5 Å². The Morgan fingerprint density at radius 3 is 2.19 bits per heavy atom. The van der Waals surface area contributed by atoms with Gasteiger partial charge in [0, 0.05) is 18.4 Å². The average molecular weight is 310 g/mol. The topological polar surface area (TPSA) is 38.0 Å². The molecule has 0 bridgehead atoms. The molecular weight excluding hydrogens is 295 g/mol. The molecule has 0 saturated heterocycles. The molecule has 2 unspecified atom stereocenters. The Kier molecular flexibility index (Phi) is 3.46. The van der Waals surface area contributed by atoms with Gasteiger partial charge in [0.05, 0.1) is 17.4 Å². The molecule has 118 valence electrons. The third kappa shape index (κ3) is 2.06. The molecule has 1 N–H and O–H groups in total. The summed E-state index contributed by atoms with van der Waals surface area (Å²) in [5, 5.41) is 13.7. The van der Waals surface area contributed by atoms with Crippen LogP contribution in [0.3, 0.4) is 0 Å². The molecule has 0 amide bonds. The first-order chi connectivity index (χ1) is 9.82. The zero-order chi connectivity index (χ0) is 15.5. The maximum absolute atomic E-state index is 14.0. The highest BCUT2D eigenvalue weighted by molar-refractivity contribution is 5.37. The fourth-order valence-corrected chi connectivity index (χ4v) is 3.27. The van der Waals surface area contributed by atoms with Crippen LogP contribution in [-0.4, -0.2) is 39.6 Å². The number of hydrogen-bond donors (Lipinski definition) is 1. The van der Waals surface area contributed by atoms with Gasteiger partial charge in [-0.05, 0) is 6.92 Å². The second-order valence-corrected chi connectivity index (χ2v) is 5.72. The Hall–Kier alpha value is -1.18. The van der Waals surface area contributed by atoms with Gasteiger partial charge in [0.1, 0.15) is 18.4 Å². The molecule has 3 nitrogen and oxygen atoms in total. The Balaban J connectivity index is 1.98. The summed E-state index contributed by atoms with van der Waals surface area (Å²) >= 11 is 0. The zero-order valence-corrected chi connectivity index (χ0v) is 11.2. The zero-order valence-electron chi connectivity index (χ0n) is 11.2. The van der Waals surface area contributed by atoms with E-state index in [0.29, 0.717) is 0 Å². The first kappa shape index (κ1) is 14.7. The van der Waals surface area contributed by atoms with Crippen molar-refractivity contribution in [3.8, 4) is 0 Å². The number of alkyl halides is 5. The molecule has 1 aromatic heterocycles. The summed E-state index contributed by atoms with van der Waals surface area (Å²) < 4.78 is 68.8. The molecule has 1 heterocycles. The van der Waals surface area contributed by atoms with E-state index in [1.54, 1.807) is 0 Å². The highest BCUT2D eigenvalue weighted by atomic mass is 19.2. The second kappa shape index (κ2) is 4.93. The van der Waals surface area contributed by atoms with E-state index in [1.807, 2.05) is 0 Å². The number of aromatic nitrogens is 2. The number of rotatable bonds is 1. The molecule has 1 aromatic rings. The summed E-state index contributed by atoms with van der Waals surface area (Å²) in [5.74, 6) is 0. The van der Waals surface area contributed by atoms with Crippen molar-refractivity contribution in [2.24, 2.45) is 0 Å². The van der Waals surface area contributed by atoms with Crippen LogP contribution in [0.25, 0.3) is 0 Å². The van der Waals surface area contributed by atoms with E-state index in [-0.39, 0.29) is 29.8 Å². The van der Waals surface area contributed by atoms with Crippen LogP contribution in [0.5, 0.6) is 0 Å². The standard InChI is InChI=1S/C13H15F5N2O/c1-4-8-12(10(17)11(18)13(8)21)20(19-4)5-2-6(14)9(16)7(15)3-5/h5-7,9-11,13,21H,2-3H2,1H3/t5?,6-,7+,9?,10-,11+,13-/m0/s1. The fourth-order valence-electron chi connectivity index (χ4n) is 3.27. The highest BCUT2D eigenvalue weighted by Gasteiger charge is 2.48. The average Bonchev–Trinajstić information content (AvgIpc) is 2.88. The third-order valence-electron chi connectivity index (χ3n) is 4.34. The number of aliphatic hydroxyl groups excluding tert-OH is 1. The van der Waals surface area contributed by atoms with Gasteiger partial charge in [0.25, 0.3) is 0 Å². The third-order valence-corrected chi connectivity index (χ3v) is 4.34. The summed E-state index contributed by atoms with van der Waals surface area (Å²) in [4.78, 5) is 0. The van der Waals surface area contributed by atoms with Crippen molar-refractivity contribution in [2.75, 3.05) is 0 Å². The van der Waals surface area contributed by atoms with Crippen LogP contribution in [0.1, 0.15) is 48.1 Å². The van der Waals surface area contributed by atoms with Crippen LogP contribution in [0.4, 0.5) is 22.0 Å². The van der Waals surface area contributed by atoms with Gasteiger partial charge < -0.3 is 5.11 Å². The molecule has 8 heteroatoms. The molecule has 7 atom stereocenters. The Bertz CT molecular complexity index is 539. The van der Waals surface area contributed by atoms with E-state index in [2.05, 4.69) is 5.10 Å². The lowest BCUT2D eigenvalue weighted by Crippen LogP contribution is -2.38. The van der Waals surface area contributed by atoms with E-state index in [1.165, 1.54) is 6.92 Å². The maximum Gasteiger partial charge on any atom is 0.176 e. The van der Waals surface area contributed by atoms with E-state index in [4.69, 9.17) is 0 Å². The molecule has 3 rings (SSSR count). The summed E-state index contributed by atoms with van der Waals surface area (Å²) in [5.41, 5.74) is 0.0610. The number of hydrogen-bond acceptors (Lipinski definition) is 2. The SMILES string of the molecule is Cc1nn(C2C[C@@H](F)C(F)[C@@H](F)C2)c2c1[C@H](O)[C@H](F)[C@@H]2F. The quantitative estimate of drug-likeness (QED) is 0.810. The minimum absolute atomic E-state index is 0.0307. The van der Waals surface area contributed by atoms with E-state index >= 15 is 0 Å². The van der Waals surface area contributed by atoms with Gasteiger partial charge in [-0.3, -0.25) is 4.68 Å². The molecule has 1 fully saturated rings. The summed E-state index contributed by atoms with van der Waals surface area (Å²) in [7, 11) is 0. The van der Waals surface area contributed by atoms with Crippen molar-refractivity contribution < 1.29 is 27.1 Å². The number of halogens is 5. The number of fused-ring (bicyclic) bond motifs is 1. The Morgan fingerprint density at radius 2 is 1.62 bits per heavy atom. The van der Waals surface area contributed by atoms with Crippen LogP contribution in [0.2, 0.25) is 0 Å². The second-order valence-electron chi connectivity index (χ2n) is 5.72. The van der Waals surface area contributed by atoms with Crippen molar-refractivity contribution in [1.29, 1.82) is 0 Å². The molecule has 1 saturated carbocycles. The first-order valence-corrected chi connectivity index (χ1v) is 6.80. The molecule has 0 aliphatic heterocycles. The maximum atomic E-state index is 14.0. The van der Waals surface area contributed by atoms with E-state index < -0.39 is 43.0 Å². The van der Waals surface area contributed by atoms with Gasteiger partial charge in [-0.1, -0.05) is 0 Å². The van der Waals surface area contributed by atoms with Gasteiger partial charge in [-0.15, -0.1) is 0 Å². The summed E-state index contributed by atoms with van der Waals surface area (Å²) in [6.07, 6.45) is -12.8. The summed E-state index contributed by atoms with van der Waals surface area (Å²) in [6.45, 7) is 1.46. The Labute approximate surface area is 117 Å². The molecule has 2 aliphatic rings. The van der Waals surface area contributed by atoms with Crippen LogP contribution in [0.15, 0.2) is 0 Å². The number of aliphatic hydroxyl groups is 1. The molecule has 0 aromatic carbocycles. The predicted octanol–water partition coefficient (Wildman–Crippen LogP) is 2.94. The minimum atomic E-state index is -2.20. The largest absolute Gasteiger partial charge is 0.385 e. The highest BCUT2D eigenvalue weighted by Crippen LogP contribution is 2.47. The fraction of sp³-hybridized carbons (Fsp3) is 0.769. The van der Waals surface area contributed by atoms with Gasteiger partial charge in [0.2, 0.25) is 0 Å². The van der Waals surface area contributed by atoms with Crippen LogP contribution < -0.4 is 0 Å². The van der Waals surface area contributed by atoms with Crippen molar-refractivity contribution in [3.63, 3.8) is 0 Å². The smallest absolute Gasteiger partial charge is 0.176 e. The normalized spacial score (nSPS) is 43.1. The lowest BCUT2D eigenvalue weighted by Gasteiger charge is -2.31. The summed E-state index contributed by atoms with van der Waals surface area (Å²) in [6, 6.07) is -0.889. The van der Waals surface area contributed by atoms with Gasteiger partial charge in [-0.25, -0.2) is 22.0 Å². The van der Waals surface area contributed by atoms with Crippen LogP contribution in [0, 0.1) is 6.92 Å². The van der Waals surface area contributed by atoms with E-state index in [9.17, 15) is 27.1 Å². The minimum Gasteiger partial charge on any atom is -0.385 e. The van der Waals surface area contributed by atoms with Crippen LogP contribution in [-0.2, 0) is 0 Å². The van der Waals surface area contributed by atoms with Crippen molar-refractivity contribution in [1.82, 2.24) is 9.78 Å². The van der Waals surface area contributed by atoms with Crippen LogP contribution >= 0.6 is 0 Å². The lowest BCUT2D eigenvalue weighted by molar-refractivity contribution is 0.0148. The first-order valence-electron chi connectivity index (χ1n) is 6.80. The van der Waals surface area contributed by atoms with Gasteiger partial charge >= 0.3 is 0 Å².